The Morgan fingerprint density at radius 1 is 0.839 bits per heavy atom. The summed E-state index contributed by atoms with van der Waals surface area (Å²) in [7, 11) is -8.80. The molecule has 4 N–H and O–H groups in total. The number of allylic oxidation sites excluding steroid dienone is 8. The van der Waals surface area contributed by atoms with Crippen LogP contribution in [0.5, 0.6) is 0 Å². The molecule has 0 atom stereocenters. The summed E-state index contributed by atoms with van der Waals surface area (Å²) in [5.74, 6) is 0.225. The number of hydrogen-bond acceptors (Lipinski definition) is 13. The van der Waals surface area contributed by atoms with Gasteiger partial charge < -0.3 is 4.90 Å². The van der Waals surface area contributed by atoms with Gasteiger partial charge in [0, 0.05) is 75.5 Å². The van der Waals surface area contributed by atoms with Gasteiger partial charge in [-0.25, -0.2) is 10.5 Å². The van der Waals surface area contributed by atoms with Gasteiger partial charge in [-0.3, -0.25) is 9.11 Å². The predicted octanol–water partition coefficient (Wildman–Crippen LogP) is 8.37. The van der Waals surface area contributed by atoms with Gasteiger partial charge in [-0.15, -0.1) is 8.67 Å². The fraction of sp³-hybridized carbons (Fsp3) is 0.342. The van der Waals surface area contributed by atoms with Crippen LogP contribution in [0, 0.1) is 0 Å². The van der Waals surface area contributed by atoms with Gasteiger partial charge in [0.1, 0.15) is 11.4 Å². The molecular weight excluding hydrogens is 805 g/mol. The molecule has 56 heavy (non-hydrogen) atoms. The maximum absolute atomic E-state index is 12.8. The maximum Gasteiger partial charge on any atom is 0.295 e. The Hall–Kier alpha value is -3.37. The smallest absolute Gasteiger partial charge is 0.295 e. The van der Waals surface area contributed by atoms with Gasteiger partial charge in [-0.05, 0) is 68.0 Å². The highest BCUT2D eigenvalue weighted by Gasteiger charge is 2.46. The zero-order valence-corrected chi connectivity index (χ0v) is 34.5. The minimum atomic E-state index is -4.71. The molecule has 0 aromatic heterocycles. The van der Waals surface area contributed by atoms with E-state index in [0.717, 1.165) is 40.4 Å². The average molecular weight is 850 g/mol. The predicted molar refractivity (Wildman–Crippen MR) is 217 cm³/mol. The molecule has 2 heterocycles. The largest absolute Gasteiger partial charge is 0.344 e. The van der Waals surface area contributed by atoms with Crippen molar-refractivity contribution in [1.29, 1.82) is 0 Å². The van der Waals surface area contributed by atoms with Crippen molar-refractivity contribution in [3.05, 3.63) is 108 Å². The zero-order chi connectivity index (χ0) is 40.7. The second kappa shape index (κ2) is 18.5. The van der Waals surface area contributed by atoms with Gasteiger partial charge in [-0.2, -0.15) is 21.4 Å². The van der Waals surface area contributed by atoms with Crippen LogP contribution in [0.2, 0.25) is 0 Å². The quantitative estimate of drug-likeness (QED) is 0.0171. The van der Waals surface area contributed by atoms with Crippen molar-refractivity contribution in [2.75, 3.05) is 29.5 Å². The van der Waals surface area contributed by atoms with Gasteiger partial charge in [0.2, 0.25) is 5.69 Å². The lowest BCUT2D eigenvalue weighted by Gasteiger charge is -2.27. The summed E-state index contributed by atoms with van der Waals surface area (Å²) < 4.78 is 79.3. The van der Waals surface area contributed by atoms with Crippen molar-refractivity contribution in [1.82, 2.24) is 0 Å². The lowest BCUT2D eigenvalue weighted by molar-refractivity contribution is -0.438. The molecule has 2 aliphatic heterocycles. The van der Waals surface area contributed by atoms with Crippen LogP contribution in [-0.4, -0.2) is 71.3 Å². The molecular formula is C38H45N2O12S4+. The Kier molecular flexibility index (Phi) is 14.4. The van der Waals surface area contributed by atoms with E-state index in [1.165, 1.54) is 6.07 Å². The van der Waals surface area contributed by atoms with Crippen LogP contribution in [0.25, 0.3) is 10.8 Å². The molecule has 0 saturated heterocycles. The van der Waals surface area contributed by atoms with Crippen molar-refractivity contribution >= 4 is 72.2 Å². The number of hydrogen-bond donors (Lipinski definition) is 4. The van der Waals surface area contributed by atoms with Gasteiger partial charge in [0.15, 0.2) is 5.71 Å². The van der Waals surface area contributed by atoms with E-state index in [-0.39, 0.29) is 27.4 Å². The van der Waals surface area contributed by atoms with E-state index in [1.54, 1.807) is 12.1 Å². The molecule has 0 unspecified atom stereocenters. The standard InChI is InChI=1S/C38H44N2O12S4/c1-37(2)29-15-10-11-16-30(29)39(22-14-24-55(43,44)45)33(37)17-8-6-5-7-9-18-34-38(3,4)36-31(40(34)21-12-13-23-53-51-49-41)20-19-27-25-28(54-52-50-42)26-32(35(27)36)56(46,47)48/h5-11,15-20,25-26H,12-14,21-24H2,1-4H3,(H3-,41,42,43,44,45,46,47,48)/p+1. The highest BCUT2D eigenvalue weighted by molar-refractivity contribution is 7.94. The van der Waals surface area contributed by atoms with E-state index in [2.05, 4.69) is 48.1 Å². The fourth-order valence-electron chi connectivity index (χ4n) is 7.45. The number of fused-ring (bicyclic) bond motifs is 4. The summed E-state index contributed by atoms with van der Waals surface area (Å²) in [5, 5.41) is 25.4. The first-order valence-corrected chi connectivity index (χ1v) is 22.2. The maximum atomic E-state index is 12.8. The van der Waals surface area contributed by atoms with E-state index in [1.807, 2.05) is 80.6 Å². The monoisotopic (exact) mass is 849 g/mol. The number of rotatable bonds is 19. The second-order valence-corrected chi connectivity index (χ2v) is 18.6. The van der Waals surface area contributed by atoms with Crippen molar-refractivity contribution < 1.29 is 59.8 Å². The molecule has 0 spiro atoms. The molecule has 0 bridgehead atoms. The molecule has 0 aliphatic carbocycles. The van der Waals surface area contributed by atoms with E-state index >= 15 is 0 Å². The summed E-state index contributed by atoms with van der Waals surface area (Å²) in [6.07, 6.45) is 15.2. The Morgan fingerprint density at radius 2 is 1.55 bits per heavy atom. The van der Waals surface area contributed by atoms with E-state index < -0.39 is 25.7 Å². The third-order valence-electron chi connectivity index (χ3n) is 9.79. The molecule has 0 amide bonds. The zero-order valence-electron chi connectivity index (χ0n) is 31.2. The Bertz CT molecular complexity index is 2300. The van der Waals surface area contributed by atoms with Crippen molar-refractivity contribution in [2.24, 2.45) is 0 Å². The molecule has 14 nitrogen and oxygen atoms in total. The third-order valence-corrected chi connectivity index (χ3v) is 12.6. The fourth-order valence-corrected chi connectivity index (χ4v) is 9.65. The van der Waals surface area contributed by atoms with Crippen molar-refractivity contribution in [3.63, 3.8) is 0 Å². The third kappa shape index (κ3) is 10.0. The molecule has 3 aromatic rings. The normalized spacial score (nSPS) is 17.4. The van der Waals surface area contributed by atoms with Crippen LogP contribution < -0.4 is 4.90 Å². The second-order valence-electron chi connectivity index (χ2n) is 14.1. The van der Waals surface area contributed by atoms with Gasteiger partial charge in [0.05, 0.1) is 23.2 Å². The molecule has 302 valence electrons. The summed E-state index contributed by atoms with van der Waals surface area (Å²) in [6.45, 7) is 9.21. The summed E-state index contributed by atoms with van der Waals surface area (Å²) >= 11 is 1.56. The van der Waals surface area contributed by atoms with E-state index in [4.69, 9.17) is 10.5 Å². The number of anilines is 1. The van der Waals surface area contributed by atoms with E-state index in [0.29, 0.717) is 60.1 Å². The molecule has 0 saturated carbocycles. The Labute approximate surface area is 335 Å². The Morgan fingerprint density at radius 3 is 2.27 bits per heavy atom. The molecule has 3 aromatic carbocycles. The first kappa shape index (κ1) is 43.7. The van der Waals surface area contributed by atoms with Crippen LogP contribution in [0.15, 0.2) is 107 Å². The minimum absolute atomic E-state index is 0.263. The summed E-state index contributed by atoms with van der Waals surface area (Å²) in [6, 6.07) is 14.6. The van der Waals surface area contributed by atoms with Crippen LogP contribution >= 0.6 is 24.1 Å². The van der Waals surface area contributed by atoms with Crippen LogP contribution in [-0.2, 0) is 49.8 Å². The number of benzene rings is 3. The Balaban J connectivity index is 1.45. The highest BCUT2D eigenvalue weighted by atomic mass is 32.2. The van der Waals surface area contributed by atoms with Crippen molar-refractivity contribution in [2.45, 2.75) is 67.6 Å². The lowest BCUT2D eigenvalue weighted by atomic mass is 9.79. The van der Waals surface area contributed by atoms with Crippen molar-refractivity contribution in [3.8, 4) is 0 Å². The van der Waals surface area contributed by atoms with Crippen LogP contribution in [0.3, 0.4) is 0 Å². The average Bonchev–Trinajstić information content (AvgIpc) is 3.48. The summed E-state index contributed by atoms with van der Waals surface area (Å²) in [5.41, 5.74) is 4.42. The lowest BCUT2D eigenvalue weighted by Crippen LogP contribution is -2.28. The SMILES string of the molecule is CC1(C)C(/C=C/C=C/C=C/C=C2/N(CCCS(=O)(=O)O)c3ccccc3C2(C)C)=[N+](CCCCSOOO)c2ccc3cc(SOOO)cc(S(=O)(=O)O)c3c21. The highest BCUT2D eigenvalue weighted by Crippen LogP contribution is 2.48. The topological polar surface area (TPSA) is 192 Å². The first-order chi connectivity index (χ1) is 26.5. The number of unbranched alkanes of at least 4 members (excludes halogenated alkanes) is 1. The van der Waals surface area contributed by atoms with Gasteiger partial charge in [-0.1, -0.05) is 72.5 Å². The minimum Gasteiger partial charge on any atom is -0.344 e. The summed E-state index contributed by atoms with van der Waals surface area (Å²) in [4.78, 5) is 2.07. The molecule has 2 aliphatic rings. The molecule has 18 heteroatoms. The van der Waals surface area contributed by atoms with E-state index in [9.17, 15) is 25.9 Å². The molecule has 0 radical (unpaired) electrons. The van der Waals surface area contributed by atoms with Crippen LogP contribution in [0.1, 0.15) is 58.1 Å². The number of para-hydroxylation sites is 1. The van der Waals surface area contributed by atoms with Gasteiger partial charge >= 0.3 is 0 Å². The first-order valence-electron chi connectivity index (χ1n) is 17.5. The number of nitrogens with zero attached hydrogens (tertiary/aromatic N) is 2. The van der Waals surface area contributed by atoms with Gasteiger partial charge in [0.25, 0.3) is 20.2 Å². The molecule has 5 rings (SSSR count). The molecule has 0 fully saturated rings. The van der Waals surface area contributed by atoms with Crippen LogP contribution in [0.4, 0.5) is 11.4 Å².